The molecule has 0 unspecified atom stereocenters. The second kappa shape index (κ2) is 8.93. The van der Waals surface area contributed by atoms with E-state index in [1.165, 1.54) is 18.9 Å². The topological polar surface area (TPSA) is 45.2 Å². The molecule has 2 heterocycles. The molecule has 4 nitrogen and oxygen atoms in total. The Kier molecular flexibility index (Phi) is 6.37. The highest BCUT2D eigenvalue weighted by Gasteiger charge is 2.16. The number of carbonyl (C=O) groups is 1. The Morgan fingerprint density at radius 3 is 2.56 bits per heavy atom. The number of nitrogens with one attached hydrogen (secondary N) is 1. The summed E-state index contributed by atoms with van der Waals surface area (Å²) in [5.41, 5.74) is 1.54. The molecule has 1 aliphatic heterocycles. The highest BCUT2D eigenvalue weighted by Crippen LogP contribution is 2.21. The highest BCUT2D eigenvalue weighted by atomic mass is 19.2. The van der Waals surface area contributed by atoms with Crippen molar-refractivity contribution in [2.75, 3.05) is 18.0 Å². The molecule has 0 bridgehead atoms. The third kappa shape index (κ3) is 5.49. The largest absolute Gasteiger partial charge is 0.357 e. The van der Waals surface area contributed by atoms with Crippen LogP contribution in [0.1, 0.15) is 37.3 Å². The molecule has 6 heteroatoms. The van der Waals surface area contributed by atoms with E-state index in [9.17, 15) is 13.6 Å². The van der Waals surface area contributed by atoms with Crippen LogP contribution in [-0.2, 0) is 17.8 Å². The lowest BCUT2D eigenvalue weighted by molar-refractivity contribution is -0.121. The van der Waals surface area contributed by atoms with Crippen LogP contribution in [0, 0.1) is 17.6 Å². The monoisotopic (exact) mass is 373 g/mol. The summed E-state index contributed by atoms with van der Waals surface area (Å²) in [7, 11) is 0. The molecule has 1 amide bonds. The maximum Gasteiger partial charge on any atom is 0.220 e. The second-order valence-electron chi connectivity index (χ2n) is 7.22. The van der Waals surface area contributed by atoms with Crippen LogP contribution in [0.5, 0.6) is 0 Å². The number of nitrogens with zero attached hydrogens (tertiary/aromatic N) is 2. The van der Waals surface area contributed by atoms with E-state index in [0.29, 0.717) is 18.5 Å². The quantitative estimate of drug-likeness (QED) is 0.837. The molecule has 2 aromatic rings. The predicted octanol–water partition coefficient (Wildman–Crippen LogP) is 3.85. The van der Waals surface area contributed by atoms with E-state index in [2.05, 4.69) is 22.1 Å². The molecule has 144 valence electrons. The third-order valence-corrected chi connectivity index (χ3v) is 5.03. The summed E-state index contributed by atoms with van der Waals surface area (Å²) in [6.45, 7) is 4.76. The molecule has 1 aromatic heterocycles. The van der Waals surface area contributed by atoms with Gasteiger partial charge in [0.25, 0.3) is 0 Å². The number of benzene rings is 1. The van der Waals surface area contributed by atoms with Gasteiger partial charge in [-0.25, -0.2) is 13.8 Å². The zero-order valence-corrected chi connectivity index (χ0v) is 15.5. The first-order valence-electron chi connectivity index (χ1n) is 9.42. The minimum Gasteiger partial charge on any atom is -0.357 e. The summed E-state index contributed by atoms with van der Waals surface area (Å²) in [4.78, 5) is 18.8. The Hall–Kier alpha value is -2.50. The second-order valence-corrected chi connectivity index (χ2v) is 7.22. The van der Waals surface area contributed by atoms with Crippen LogP contribution in [0.15, 0.2) is 36.5 Å². The minimum atomic E-state index is -0.887. The number of amides is 1. The Morgan fingerprint density at radius 1 is 1.15 bits per heavy atom. The van der Waals surface area contributed by atoms with Crippen LogP contribution in [0.25, 0.3) is 0 Å². The van der Waals surface area contributed by atoms with Gasteiger partial charge in [0.1, 0.15) is 5.82 Å². The van der Waals surface area contributed by atoms with Crippen molar-refractivity contribution in [2.45, 2.75) is 39.2 Å². The van der Waals surface area contributed by atoms with Crippen molar-refractivity contribution in [3.8, 4) is 0 Å². The number of halogens is 2. The number of anilines is 1. The Bertz CT molecular complexity index is 771. The number of carbonyl (C=O) groups excluding carboxylic acids is 1. The summed E-state index contributed by atoms with van der Waals surface area (Å²) in [6, 6.07) is 7.69. The van der Waals surface area contributed by atoms with Gasteiger partial charge in [0.15, 0.2) is 11.6 Å². The van der Waals surface area contributed by atoms with E-state index in [0.717, 1.165) is 42.5 Å². The van der Waals surface area contributed by atoms with Gasteiger partial charge in [-0.2, -0.15) is 0 Å². The van der Waals surface area contributed by atoms with Crippen LogP contribution in [-0.4, -0.2) is 24.0 Å². The van der Waals surface area contributed by atoms with Crippen molar-refractivity contribution in [3.05, 3.63) is 59.3 Å². The molecule has 0 radical (unpaired) electrons. The van der Waals surface area contributed by atoms with Crippen LogP contribution in [0.4, 0.5) is 14.6 Å². The molecular weight excluding hydrogens is 348 g/mol. The number of hydrogen-bond acceptors (Lipinski definition) is 3. The fourth-order valence-corrected chi connectivity index (χ4v) is 3.19. The SMILES string of the molecule is CC1CCN(c2ccc(CNC(=O)CCc3ccc(F)c(F)c3)cn2)CC1. The highest BCUT2D eigenvalue weighted by molar-refractivity contribution is 5.76. The van der Waals surface area contributed by atoms with E-state index in [1.807, 2.05) is 12.1 Å². The average Bonchev–Trinajstić information content (AvgIpc) is 2.68. The molecule has 27 heavy (non-hydrogen) atoms. The summed E-state index contributed by atoms with van der Waals surface area (Å²) < 4.78 is 26.1. The lowest BCUT2D eigenvalue weighted by atomic mass is 9.99. The van der Waals surface area contributed by atoms with Gasteiger partial charge in [-0.15, -0.1) is 0 Å². The standard InChI is InChI=1S/C21H25F2N3O/c1-15-8-10-26(11-9-15)20-6-3-17(13-24-20)14-25-21(27)7-4-16-2-5-18(22)19(23)12-16/h2-3,5-6,12-13,15H,4,7-11,14H2,1H3,(H,25,27). The molecule has 0 spiro atoms. The molecular formula is C21H25F2N3O. The van der Waals surface area contributed by atoms with Gasteiger partial charge in [-0.3, -0.25) is 4.79 Å². The fraction of sp³-hybridized carbons (Fsp3) is 0.429. The van der Waals surface area contributed by atoms with Gasteiger partial charge >= 0.3 is 0 Å². The van der Waals surface area contributed by atoms with Gasteiger partial charge in [0.2, 0.25) is 5.91 Å². The first-order valence-corrected chi connectivity index (χ1v) is 9.42. The number of piperidine rings is 1. The number of aromatic nitrogens is 1. The molecule has 1 saturated heterocycles. The van der Waals surface area contributed by atoms with Gasteiger partial charge in [0, 0.05) is 32.3 Å². The van der Waals surface area contributed by atoms with Crippen molar-refractivity contribution in [3.63, 3.8) is 0 Å². The number of aryl methyl sites for hydroxylation is 1. The summed E-state index contributed by atoms with van der Waals surface area (Å²) in [5, 5.41) is 2.84. The van der Waals surface area contributed by atoms with Crippen LogP contribution in [0.2, 0.25) is 0 Å². The summed E-state index contributed by atoms with van der Waals surface area (Å²) >= 11 is 0. The molecule has 1 fully saturated rings. The van der Waals surface area contributed by atoms with Crippen LogP contribution >= 0.6 is 0 Å². The molecule has 0 saturated carbocycles. The lowest BCUT2D eigenvalue weighted by Crippen LogP contribution is -2.33. The molecule has 0 atom stereocenters. The first-order chi connectivity index (χ1) is 13.0. The zero-order chi connectivity index (χ0) is 19.2. The maximum atomic E-state index is 13.2. The number of rotatable bonds is 6. The lowest BCUT2D eigenvalue weighted by Gasteiger charge is -2.31. The van der Waals surface area contributed by atoms with E-state index < -0.39 is 11.6 Å². The van der Waals surface area contributed by atoms with E-state index in [4.69, 9.17) is 0 Å². The fourth-order valence-electron chi connectivity index (χ4n) is 3.19. The van der Waals surface area contributed by atoms with E-state index in [1.54, 1.807) is 6.20 Å². The Balaban J connectivity index is 1.43. The first kappa shape index (κ1) is 19.3. The normalized spacial score (nSPS) is 15.0. The van der Waals surface area contributed by atoms with Gasteiger partial charge < -0.3 is 10.2 Å². The Morgan fingerprint density at radius 2 is 1.89 bits per heavy atom. The summed E-state index contributed by atoms with van der Waals surface area (Å²) in [6.07, 6.45) is 4.77. The minimum absolute atomic E-state index is 0.131. The summed E-state index contributed by atoms with van der Waals surface area (Å²) in [5.74, 6) is -0.133. The molecule has 1 aromatic carbocycles. The number of hydrogen-bond donors (Lipinski definition) is 1. The predicted molar refractivity (Wildman–Crippen MR) is 101 cm³/mol. The molecule has 1 N–H and O–H groups in total. The van der Waals surface area contributed by atoms with Gasteiger partial charge in [-0.1, -0.05) is 19.1 Å². The van der Waals surface area contributed by atoms with Gasteiger partial charge in [0.05, 0.1) is 0 Å². The zero-order valence-electron chi connectivity index (χ0n) is 15.5. The number of pyridine rings is 1. The smallest absolute Gasteiger partial charge is 0.220 e. The maximum absolute atomic E-state index is 13.2. The van der Waals surface area contributed by atoms with Crippen molar-refractivity contribution in [1.82, 2.24) is 10.3 Å². The van der Waals surface area contributed by atoms with Crippen molar-refractivity contribution in [1.29, 1.82) is 0 Å². The van der Waals surface area contributed by atoms with E-state index in [-0.39, 0.29) is 12.3 Å². The third-order valence-electron chi connectivity index (χ3n) is 5.03. The molecule has 3 rings (SSSR count). The van der Waals surface area contributed by atoms with Gasteiger partial charge in [-0.05, 0) is 54.5 Å². The van der Waals surface area contributed by atoms with E-state index >= 15 is 0 Å². The van der Waals surface area contributed by atoms with Crippen molar-refractivity contribution in [2.24, 2.45) is 5.92 Å². The average molecular weight is 373 g/mol. The van der Waals surface area contributed by atoms with Crippen molar-refractivity contribution >= 4 is 11.7 Å². The molecule has 1 aliphatic rings. The van der Waals surface area contributed by atoms with Crippen LogP contribution in [0.3, 0.4) is 0 Å². The van der Waals surface area contributed by atoms with Crippen LogP contribution < -0.4 is 10.2 Å². The Labute approximate surface area is 158 Å². The van der Waals surface area contributed by atoms with Crippen molar-refractivity contribution < 1.29 is 13.6 Å². The molecule has 0 aliphatic carbocycles.